The lowest BCUT2D eigenvalue weighted by Gasteiger charge is -2.33. The van der Waals surface area contributed by atoms with Gasteiger partial charge in [0.2, 0.25) is 5.91 Å². The van der Waals surface area contributed by atoms with Gasteiger partial charge in [-0.15, -0.1) is 6.58 Å². The Labute approximate surface area is 140 Å². The highest BCUT2D eigenvalue weighted by Crippen LogP contribution is 2.15. The van der Waals surface area contributed by atoms with E-state index in [0.29, 0.717) is 12.3 Å². The van der Waals surface area contributed by atoms with Crippen LogP contribution in [-0.4, -0.2) is 29.9 Å². The second kappa shape index (κ2) is 8.88. The Bertz CT molecular complexity index is 507. The van der Waals surface area contributed by atoms with Crippen molar-refractivity contribution in [2.24, 2.45) is 5.92 Å². The largest absolute Gasteiger partial charge is 0.352 e. The minimum absolute atomic E-state index is 0.0879. The van der Waals surface area contributed by atoms with Crippen LogP contribution in [0.5, 0.6) is 0 Å². The number of hydrogen-bond acceptors (Lipinski definition) is 2. The molecule has 1 amide bonds. The van der Waals surface area contributed by atoms with Crippen molar-refractivity contribution in [2.45, 2.75) is 52.1 Å². The zero-order valence-corrected chi connectivity index (χ0v) is 14.6. The summed E-state index contributed by atoms with van der Waals surface area (Å²) in [7, 11) is 0. The molecule has 0 spiro atoms. The predicted molar refractivity (Wildman–Crippen MR) is 96.2 cm³/mol. The summed E-state index contributed by atoms with van der Waals surface area (Å²) in [6, 6.07) is 9.27. The zero-order valence-electron chi connectivity index (χ0n) is 14.6. The number of likely N-dealkylation sites (tertiary alicyclic amines) is 1. The molecule has 0 saturated carbocycles. The van der Waals surface area contributed by atoms with Crippen LogP contribution in [0.2, 0.25) is 0 Å². The third-order valence-electron chi connectivity index (χ3n) is 4.27. The lowest BCUT2D eigenvalue weighted by Crippen LogP contribution is -2.47. The molecule has 1 atom stereocenters. The molecule has 1 aromatic rings. The Morgan fingerprint density at radius 1 is 1.35 bits per heavy atom. The highest BCUT2D eigenvalue weighted by atomic mass is 16.1. The van der Waals surface area contributed by atoms with Crippen molar-refractivity contribution in [3.63, 3.8) is 0 Å². The average Bonchev–Trinajstić information content (AvgIpc) is 2.49. The van der Waals surface area contributed by atoms with Gasteiger partial charge in [0.25, 0.3) is 0 Å². The van der Waals surface area contributed by atoms with Gasteiger partial charge in [0, 0.05) is 25.6 Å². The van der Waals surface area contributed by atoms with E-state index in [1.54, 1.807) is 6.08 Å². The lowest BCUT2D eigenvalue weighted by molar-refractivity contribution is -0.121. The summed E-state index contributed by atoms with van der Waals surface area (Å²) in [6.45, 7) is 11.1. The highest BCUT2D eigenvalue weighted by Gasteiger charge is 2.21. The van der Waals surface area contributed by atoms with Crippen LogP contribution in [0.25, 0.3) is 0 Å². The molecule has 0 aromatic heterocycles. The molecule has 1 saturated heterocycles. The molecule has 0 radical (unpaired) electrons. The number of piperidine rings is 1. The molecular weight excluding hydrogens is 284 g/mol. The third-order valence-corrected chi connectivity index (χ3v) is 4.27. The van der Waals surface area contributed by atoms with E-state index in [0.717, 1.165) is 38.9 Å². The second-order valence-electron chi connectivity index (χ2n) is 7.05. The Hall–Kier alpha value is -1.61. The molecule has 0 unspecified atom stereocenters. The highest BCUT2D eigenvalue weighted by molar-refractivity contribution is 5.77. The van der Waals surface area contributed by atoms with Gasteiger partial charge in [0.15, 0.2) is 0 Å². The van der Waals surface area contributed by atoms with E-state index in [-0.39, 0.29) is 11.9 Å². The van der Waals surface area contributed by atoms with Crippen molar-refractivity contribution >= 4 is 5.91 Å². The van der Waals surface area contributed by atoms with Gasteiger partial charge in [-0.05, 0) is 42.9 Å². The lowest BCUT2D eigenvalue weighted by atomic mass is 10.0. The summed E-state index contributed by atoms with van der Waals surface area (Å²) in [6.07, 6.45) is 5.43. The van der Waals surface area contributed by atoms with Gasteiger partial charge in [0.1, 0.15) is 0 Å². The van der Waals surface area contributed by atoms with Gasteiger partial charge >= 0.3 is 0 Å². The number of carbonyl (C=O) groups is 1. The van der Waals surface area contributed by atoms with Crippen molar-refractivity contribution in [3.05, 3.63) is 48.0 Å². The van der Waals surface area contributed by atoms with E-state index in [1.807, 2.05) is 0 Å². The molecule has 2 rings (SSSR count). The van der Waals surface area contributed by atoms with Crippen LogP contribution in [0.1, 0.15) is 44.2 Å². The molecule has 1 aliphatic rings. The van der Waals surface area contributed by atoms with Crippen LogP contribution in [0.4, 0.5) is 0 Å². The number of benzene rings is 1. The molecule has 1 fully saturated rings. The van der Waals surface area contributed by atoms with Crippen LogP contribution >= 0.6 is 0 Å². The third kappa shape index (κ3) is 6.19. The van der Waals surface area contributed by atoms with Crippen LogP contribution < -0.4 is 5.32 Å². The minimum atomic E-state index is 0.0879. The van der Waals surface area contributed by atoms with Gasteiger partial charge in [-0.1, -0.05) is 44.2 Å². The van der Waals surface area contributed by atoms with E-state index in [4.69, 9.17) is 0 Å². The molecule has 3 heteroatoms. The van der Waals surface area contributed by atoms with Crippen LogP contribution in [0.3, 0.4) is 0 Å². The van der Waals surface area contributed by atoms with Crippen LogP contribution in [-0.2, 0) is 17.8 Å². The molecule has 126 valence electrons. The Morgan fingerprint density at radius 2 is 2.04 bits per heavy atom. The summed E-state index contributed by atoms with van der Waals surface area (Å²) in [5, 5.41) is 3.11. The topological polar surface area (TPSA) is 32.3 Å². The Kier molecular flexibility index (Phi) is 6.85. The first-order chi connectivity index (χ1) is 11.1. The van der Waals surface area contributed by atoms with E-state index in [2.05, 4.69) is 54.9 Å². The van der Waals surface area contributed by atoms with Gasteiger partial charge < -0.3 is 5.32 Å². The number of nitrogens with zero attached hydrogens (tertiary/aromatic N) is 1. The van der Waals surface area contributed by atoms with E-state index >= 15 is 0 Å². The summed E-state index contributed by atoms with van der Waals surface area (Å²) in [4.78, 5) is 14.1. The molecule has 1 aliphatic heterocycles. The summed E-state index contributed by atoms with van der Waals surface area (Å²) < 4.78 is 0. The van der Waals surface area contributed by atoms with Gasteiger partial charge in [0.05, 0.1) is 0 Å². The fourth-order valence-electron chi connectivity index (χ4n) is 3.25. The molecule has 1 N–H and O–H groups in total. The number of rotatable bonds is 7. The van der Waals surface area contributed by atoms with E-state index in [9.17, 15) is 4.79 Å². The first-order valence-corrected chi connectivity index (χ1v) is 8.77. The smallest absolute Gasteiger partial charge is 0.224 e. The predicted octanol–water partition coefficient (Wildman–Crippen LogP) is 3.54. The fourth-order valence-corrected chi connectivity index (χ4v) is 3.25. The fraction of sp³-hybridized carbons (Fsp3) is 0.550. The maximum Gasteiger partial charge on any atom is 0.224 e. The summed E-state index contributed by atoms with van der Waals surface area (Å²) in [5.41, 5.74) is 2.77. The molecular formula is C20H30N2O. The molecule has 1 heterocycles. The average molecular weight is 314 g/mol. The number of carbonyl (C=O) groups excluding carboxylic acids is 1. The number of nitrogens with one attached hydrogen (secondary N) is 1. The first-order valence-electron chi connectivity index (χ1n) is 8.77. The van der Waals surface area contributed by atoms with Crippen molar-refractivity contribution in [2.75, 3.05) is 13.1 Å². The van der Waals surface area contributed by atoms with Gasteiger partial charge in [-0.25, -0.2) is 0 Å². The van der Waals surface area contributed by atoms with E-state index < -0.39 is 0 Å². The van der Waals surface area contributed by atoms with Crippen molar-refractivity contribution < 1.29 is 4.79 Å². The van der Waals surface area contributed by atoms with Crippen LogP contribution in [0.15, 0.2) is 36.9 Å². The summed E-state index contributed by atoms with van der Waals surface area (Å²) in [5.74, 6) is 0.785. The maximum absolute atomic E-state index is 11.7. The Balaban J connectivity index is 1.84. The van der Waals surface area contributed by atoms with Gasteiger partial charge in [-0.3, -0.25) is 9.69 Å². The molecule has 0 aliphatic carbocycles. The molecule has 3 nitrogen and oxygen atoms in total. The first kappa shape index (κ1) is 17.7. The quantitative estimate of drug-likeness (QED) is 0.781. The van der Waals surface area contributed by atoms with Gasteiger partial charge in [-0.2, -0.15) is 0 Å². The minimum Gasteiger partial charge on any atom is -0.352 e. The summed E-state index contributed by atoms with van der Waals surface area (Å²) >= 11 is 0. The normalized spacial score (nSPS) is 18.8. The molecule has 23 heavy (non-hydrogen) atoms. The van der Waals surface area contributed by atoms with Crippen molar-refractivity contribution in [1.29, 1.82) is 0 Å². The SMILES string of the molecule is C=CCC(=O)N[C@H]1CCCN(Cc2ccc(CC(C)C)cc2)C1. The molecule has 0 bridgehead atoms. The second-order valence-corrected chi connectivity index (χ2v) is 7.05. The number of hydrogen-bond donors (Lipinski definition) is 1. The van der Waals surface area contributed by atoms with Crippen molar-refractivity contribution in [3.8, 4) is 0 Å². The van der Waals surface area contributed by atoms with Crippen molar-refractivity contribution in [1.82, 2.24) is 10.2 Å². The molecule has 1 aromatic carbocycles. The Morgan fingerprint density at radius 3 is 2.70 bits per heavy atom. The maximum atomic E-state index is 11.7. The van der Waals surface area contributed by atoms with Crippen LogP contribution in [0, 0.1) is 5.92 Å². The number of amides is 1. The monoisotopic (exact) mass is 314 g/mol. The standard InChI is InChI=1S/C20H30N2O/c1-4-6-20(23)21-19-7-5-12-22(15-19)14-18-10-8-17(9-11-18)13-16(2)3/h4,8-11,16,19H,1,5-7,12-15H2,2-3H3,(H,21,23)/t19-/m0/s1. The zero-order chi connectivity index (χ0) is 16.7. The van der Waals surface area contributed by atoms with E-state index in [1.165, 1.54) is 11.1 Å².